The number of nitrogens with zero attached hydrogens (tertiary/aromatic N) is 1. The number of carbonyl (C=O) groups excluding carboxylic acids is 2. The minimum atomic E-state index is -0.606. The lowest BCUT2D eigenvalue weighted by atomic mass is 10.00. The minimum absolute atomic E-state index is 0.307. The van der Waals surface area contributed by atoms with Crippen LogP contribution in [0.1, 0.15) is 51.9 Å². The Morgan fingerprint density at radius 2 is 1.48 bits per heavy atom. The number of ether oxygens (including phenoxy) is 2. The molecule has 0 aromatic heterocycles. The molecule has 156 valence electrons. The number of benzene rings is 2. The van der Waals surface area contributed by atoms with Crippen molar-refractivity contribution < 1.29 is 19.1 Å². The Labute approximate surface area is 172 Å². The van der Waals surface area contributed by atoms with E-state index in [0.717, 1.165) is 11.1 Å². The molecule has 6 heteroatoms. The maximum atomic E-state index is 12.5. The maximum absolute atomic E-state index is 12.5. The second kappa shape index (κ2) is 8.15. The van der Waals surface area contributed by atoms with Crippen LogP contribution in [-0.2, 0) is 9.47 Å². The molecule has 0 heterocycles. The number of hydrogen-bond donors (Lipinski definition) is 1. The van der Waals surface area contributed by atoms with Gasteiger partial charge in [-0.25, -0.2) is 9.59 Å². The summed E-state index contributed by atoms with van der Waals surface area (Å²) in [6.45, 7) is 10.9. The fourth-order valence-electron chi connectivity index (χ4n) is 2.69. The van der Waals surface area contributed by atoms with Crippen LogP contribution >= 0.6 is 0 Å². The van der Waals surface area contributed by atoms with Gasteiger partial charge in [-0.15, -0.1) is 0 Å². The smallest absolute Gasteiger partial charge is 0.414 e. The van der Waals surface area contributed by atoms with E-state index in [9.17, 15) is 9.59 Å². The number of esters is 1. The van der Waals surface area contributed by atoms with Crippen molar-refractivity contribution in [1.29, 1.82) is 0 Å². The van der Waals surface area contributed by atoms with Crippen molar-refractivity contribution in [2.45, 2.75) is 52.7 Å². The lowest BCUT2D eigenvalue weighted by molar-refractivity contribution is 0.00706. The number of nitrogens with two attached hydrogens (primary N) is 1. The monoisotopic (exact) mass is 398 g/mol. The van der Waals surface area contributed by atoms with Crippen molar-refractivity contribution in [3.8, 4) is 11.1 Å². The highest BCUT2D eigenvalue weighted by atomic mass is 16.6. The van der Waals surface area contributed by atoms with Crippen LogP contribution in [0.4, 0.5) is 16.2 Å². The molecule has 1 amide bonds. The van der Waals surface area contributed by atoms with E-state index in [4.69, 9.17) is 15.2 Å². The van der Waals surface area contributed by atoms with E-state index in [1.165, 1.54) is 4.90 Å². The normalized spacial score (nSPS) is 11.7. The summed E-state index contributed by atoms with van der Waals surface area (Å²) >= 11 is 0. The number of amides is 1. The van der Waals surface area contributed by atoms with Gasteiger partial charge in [0.15, 0.2) is 0 Å². The van der Waals surface area contributed by atoms with Crippen LogP contribution in [0.5, 0.6) is 0 Å². The third-order valence-electron chi connectivity index (χ3n) is 3.91. The molecule has 29 heavy (non-hydrogen) atoms. The van der Waals surface area contributed by atoms with Crippen molar-refractivity contribution >= 4 is 23.4 Å². The molecule has 0 saturated heterocycles. The first kappa shape index (κ1) is 22.3. The highest BCUT2D eigenvalue weighted by molar-refractivity contribution is 5.98. The Hall–Kier alpha value is -3.02. The lowest BCUT2D eigenvalue weighted by Crippen LogP contribution is -2.34. The largest absolute Gasteiger partial charge is 0.456 e. The zero-order chi connectivity index (χ0) is 22.0. The van der Waals surface area contributed by atoms with Gasteiger partial charge in [0.1, 0.15) is 11.2 Å². The molecule has 2 aromatic carbocycles. The van der Waals surface area contributed by atoms with Gasteiger partial charge in [-0.3, -0.25) is 4.90 Å². The molecule has 0 spiro atoms. The number of carbonyl (C=O) groups is 2. The number of nitrogen functional groups attached to an aromatic ring is 1. The molecule has 0 radical (unpaired) electrons. The molecule has 0 saturated carbocycles. The van der Waals surface area contributed by atoms with Crippen molar-refractivity contribution in [2.24, 2.45) is 0 Å². The fourth-order valence-corrected chi connectivity index (χ4v) is 2.69. The van der Waals surface area contributed by atoms with E-state index in [1.807, 2.05) is 45.0 Å². The number of para-hydroxylation sites is 1. The molecule has 0 aliphatic rings. The zero-order valence-corrected chi connectivity index (χ0v) is 18.2. The van der Waals surface area contributed by atoms with Gasteiger partial charge in [0.25, 0.3) is 0 Å². The third-order valence-corrected chi connectivity index (χ3v) is 3.91. The standard InChI is InChI=1S/C23H30N2O4/c1-22(2,3)28-20(26)17-13-12-15(14-18(17)24)16-10-8-9-11-19(16)25(7)21(27)29-23(4,5)6/h8-14H,24H2,1-7H3. The van der Waals surface area contributed by atoms with Crippen molar-refractivity contribution in [2.75, 3.05) is 17.7 Å². The van der Waals surface area contributed by atoms with Gasteiger partial charge in [-0.1, -0.05) is 24.3 Å². The van der Waals surface area contributed by atoms with Crippen LogP contribution in [-0.4, -0.2) is 30.3 Å². The highest BCUT2D eigenvalue weighted by Crippen LogP contribution is 2.33. The first-order chi connectivity index (χ1) is 13.3. The predicted octanol–water partition coefficient (Wildman–Crippen LogP) is 5.26. The van der Waals surface area contributed by atoms with Crippen LogP contribution in [0.3, 0.4) is 0 Å². The van der Waals surface area contributed by atoms with Crippen LogP contribution in [0, 0.1) is 0 Å². The molecule has 0 bridgehead atoms. The van der Waals surface area contributed by atoms with Crippen molar-refractivity contribution in [3.05, 3.63) is 48.0 Å². The highest BCUT2D eigenvalue weighted by Gasteiger charge is 2.23. The van der Waals surface area contributed by atoms with E-state index in [2.05, 4.69) is 0 Å². The summed E-state index contributed by atoms with van der Waals surface area (Å²) < 4.78 is 10.9. The van der Waals surface area contributed by atoms with Crippen LogP contribution in [0.2, 0.25) is 0 Å². The number of rotatable bonds is 3. The topological polar surface area (TPSA) is 81.9 Å². The van der Waals surface area contributed by atoms with Gasteiger partial charge in [-0.2, -0.15) is 0 Å². The molecule has 2 aromatic rings. The SMILES string of the molecule is CN(C(=O)OC(C)(C)C)c1ccccc1-c1ccc(C(=O)OC(C)(C)C)c(N)c1. The number of hydrogen-bond acceptors (Lipinski definition) is 5. The average molecular weight is 399 g/mol. The number of anilines is 2. The summed E-state index contributed by atoms with van der Waals surface area (Å²) in [5.74, 6) is -0.472. The van der Waals surface area contributed by atoms with Gasteiger partial charge in [0, 0.05) is 18.3 Å². The van der Waals surface area contributed by atoms with E-state index in [0.29, 0.717) is 16.9 Å². The lowest BCUT2D eigenvalue weighted by Gasteiger charge is -2.26. The summed E-state index contributed by atoms with van der Waals surface area (Å²) in [5, 5.41) is 0. The first-order valence-electron chi connectivity index (χ1n) is 9.47. The summed E-state index contributed by atoms with van der Waals surface area (Å²) in [7, 11) is 1.66. The summed E-state index contributed by atoms with van der Waals surface area (Å²) in [5.41, 5.74) is 7.80. The minimum Gasteiger partial charge on any atom is -0.456 e. The van der Waals surface area contributed by atoms with Crippen LogP contribution < -0.4 is 10.6 Å². The molecule has 0 atom stereocenters. The molecule has 0 aliphatic heterocycles. The third kappa shape index (κ3) is 5.98. The molecular formula is C23H30N2O4. The van der Waals surface area contributed by atoms with Gasteiger partial charge < -0.3 is 15.2 Å². The van der Waals surface area contributed by atoms with Gasteiger partial charge in [0.2, 0.25) is 0 Å². The van der Waals surface area contributed by atoms with E-state index in [-0.39, 0.29) is 0 Å². The molecule has 0 unspecified atom stereocenters. The van der Waals surface area contributed by atoms with Gasteiger partial charge in [0.05, 0.1) is 11.3 Å². The van der Waals surface area contributed by atoms with E-state index < -0.39 is 23.3 Å². The first-order valence-corrected chi connectivity index (χ1v) is 9.47. The molecule has 2 N–H and O–H groups in total. The Bertz CT molecular complexity index is 908. The van der Waals surface area contributed by atoms with Gasteiger partial charge >= 0.3 is 12.1 Å². The summed E-state index contributed by atoms with van der Waals surface area (Å²) in [4.78, 5) is 26.3. The zero-order valence-electron chi connectivity index (χ0n) is 18.2. The Morgan fingerprint density at radius 1 is 0.897 bits per heavy atom. The Balaban J connectivity index is 2.38. The fraction of sp³-hybridized carbons (Fsp3) is 0.391. The molecule has 6 nitrogen and oxygen atoms in total. The molecule has 0 fully saturated rings. The van der Waals surface area contributed by atoms with Crippen molar-refractivity contribution in [3.63, 3.8) is 0 Å². The molecule has 2 rings (SSSR count). The Kier molecular flexibility index (Phi) is 6.26. The van der Waals surface area contributed by atoms with Gasteiger partial charge in [-0.05, 0) is 65.3 Å². The summed E-state index contributed by atoms with van der Waals surface area (Å²) in [6, 6.07) is 12.6. The van der Waals surface area contributed by atoms with Crippen molar-refractivity contribution in [1.82, 2.24) is 0 Å². The van der Waals surface area contributed by atoms with E-state index in [1.54, 1.807) is 46.0 Å². The Morgan fingerprint density at radius 3 is 2.03 bits per heavy atom. The second-order valence-corrected chi connectivity index (χ2v) is 8.86. The predicted molar refractivity (Wildman–Crippen MR) is 116 cm³/mol. The second-order valence-electron chi connectivity index (χ2n) is 8.86. The summed E-state index contributed by atoms with van der Waals surface area (Å²) in [6.07, 6.45) is -0.455. The average Bonchev–Trinajstić information content (AvgIpc) is 2.57. The van der Waals surface area contributed by atoms with Crippen LogP contribution in [0.15, 0.2) is 42.5 Å². The van der Waals surface area contributed by atoms with E-state index >= 15 is 0 Å². The maximum Gasteiger partial charge on any atom is 0.414 e. The molecule has 0 aliphatic carbocycles. The molecular weight excluding hydrogens is 368 g/mol. The quantitative estimate of drug-likeness (QED) is 0.563. The van der Waals surface area contributed by atoms with Crippen LogP contribution in [0.25, 0.3) is 11.1 Å².